The minimum Gasteiger partial charge on any atom is -0.505 e. The lowest BCUT2D eigenvalue weighted by molar-refractivity contribution is 0.103. The van der Waals surface area contributed by atoms with Crippen LogP contribution in [0.5, 0.6) is 17.2 Å². The largest absolute Gasteiger partial charge is 0.505 e. The summed E-state index contributed by atoms with van der Waals surface area (Å²) in [7, 11) is 0. The van der Waals surface area contributed by atoms with Crippen LogP contribution in [-0.2, 0) is 0 Å². The molecule has 21 heavy (non-hydrogen) atoms. The highest BCUT2D eigenvalue weighted by Crippen LogP contribution is 2.40. The van der Waals surface area contributed by atoms with Gasteiger partial charge in [0, 0.05) is 17.0 Å². The summed E-state index contributed by atoms with van der Waals surface area (Å²) >= 11 is 0. The second-order valence-electron chi connectivity index (χ2n) is 4.79. The van der Waals surface area contributed by atoms with Crippen LogP contribution in [0.25, 0.3) is 10.9 Å². The summed E-state index contributed by atoms with van der Waals surface area (Å²) in [5, 5.41) is 10.8. The monoisotopic (exact) mass is 281 g/mol. The summed E-state index contributed by atoms with van der Waals surface area (Å²) in [6.45, 7) is 0.165. The maximum atomic E-state index is 12.4. The number of fused-ring (bicyclic) bond motifs is 2. The molecule has 5 nitrogen and oxygen atoms in total. The van der Waals surface area contributed by atoms with E-state index in [1.54, 1.807) is 36.4 Å². The highest BCUT2D eigenvalue weighted by Gasteiger charge is 2.22. The Hall–Kier alpha value is -2.95. The van der Waals surface area contributed by atoms with Gasteiger partial charge in [-0.15, -0.1) is 0 Å². The topological polar surface area (TPSA) is 71.6 Å². The van der Waals surface area contributed by atoms with Gasteiger partial charge in [-0.1, -0.05) is 30.3 Å². The second-order valence-corrected chi connectivity index (χ2v) is 4.79. The fourth-order valence-corrected chi connectivity index (χ4v) is 2.47. The van der Waals surface area contributed by atoms with E-state index in [4.69, 9.17) is 9.47 Å². The normalized spacial score (nSPS) is 12.8. The molecule has 104 valence electrons. The van der Waals surface area contributed by atoms with Crippen LogP contribution in [0.2, 0.25) is 0 Å². The van der Waals surface area contributed by atoms with E-state index in [1.165, 1.54) is 0 Å². The molecule has 0 fully saturated rings. The summed E-state index contributed by atoms with van der Waals surface area (Å²) in [5.41, 5.74) is 1.32. The quantitative estimate of drug-likeness (QED) is 0.708. The van der Waals surface area contributed by atoms with Crippen LogP contribution < -0.4 is 9.47 Å². The molecule has 0 bridgehead atoms. The average molecular weight is 281 g/mol. The first kappa shape index (κ1) is 11.8. The van der Waals surface area contributed by atoms with E-state index in [9.17, 15) is 9.90 Å². The van der Waals surface area contributed by atoms with E-state index < -0.39 is 0 Å². The van der Waals surface area contributed by atoms with Crippen LogP contribution >= 0.6 is 0 Å². The molecule has 0 spiro atoms. The van der Waals surface area contributed by atoms with Crippen molar-refractivity contribution in [2.24, 2.45) is 0 Å². The van der Waals surface area contributed by atoms with Crippen LogP contribution in [0, 0.1) is 0 Å². The van der Waals surface area contributed by atoms with Crippen molar-refractivity contribution in [2.75, 3.05) is 6.79 Å². The number of hydrogen-bond donors (Lipinski definition) is 2. The van der Waals surface area contributed by atoms with Crippen LogP contribution in [0.1, 0.15) is 16.1 Å². The van der Waals surface area contributed by atoms with Crippen LogP contribution in [0.3, 0.4) is 0 Å². The molecule has 0 radical (unpaired) electrons. The van der Waals surface area contributed by atoms with Crippen LogP contribution in [0.4, 0.5) is 0 Å². The Balaban J connectivity index is 1.87. The van der Waals surface area contributed by atoms with Gasteiger partial charge in [-0.2, -0.15) is 0 Å². The molecule has 1 aromatic heterocycles. The highest BCUT2D eigenvalue weighted by molar-refractivity contribution is 6.13. The summed E-state index contributed by atoms with van der Waals surface area (Å²) < 4.78 is 10.6. The third-order valence-corrected chi connectivity index (χ3v) is 3.53. The molecule has 0 unspecified atom stereocenters. The molecule has 0 atom stereocenters. The third kappa shape index (κ3) is 1.74. The minimum atomic E-state index is -0.258. The lowest BCUT2D eigenvalue weighted by Crippen LogP contribution is -2.01. The zero-order valence-corrected chi connectivity index (χ0v) is 10.9. The maximum absolute atomic E-state index is 12.4. The van der Waals surface area contributed by atoms with Gasteiger partial charge in [0.15, 0.2) is 17.2 Å². The van der Waals surface area contributed by atoms with Crippen LogP contribution in [0.15, 0.2) is 42.5 Å². The third-order valence-electron chi connectivity index (χ3n) is 3.53. The average Bonchev–Trinajstić information content (AvgIpc) is 3.10. The van der Waals surface area contributed by atoms with Crippen molar-refractivity contribution in [3.8, 4) is 17.2 Å². The number of nitrogens with one attached hydrogen (secondary N) is 1. The maximum Gasteiger partial charge on any atom is 0.231 e. The number of ether oxygens (including phenoxy) is 2. The summed E-state index contributed by atoms with van der Waals surface area (Å²) in [6.07, 6.45) is 0. The van der Waals surface area contributed by atoms with Gasteiger partial charge in [-0.25, -0.2) is 0 Å². The molecule has 1 aliphatic rings. The molecule has 1 aliphatic heterocycles. The predicted octanol–water partition coefficient (Wildman–Crippen LogP) is 2.83. The SMILES string of the molecule is O=C(c1ccccc1)c1[nH]c2cc3c(cc2c1O)OCO3. The summed E-state index contributed by atoms with van der Waals surface area (Å²) in [6, 6.07) is 12.2. The summed E-state index contributed by atoms with van der Waals surface area (Å²) in [5.74, 6) is 0.835. The van der Waals surface area contributed by atoms with Crippen molar-refractivity contribution in [1.82, 2.24) is 4.98 Å². The van der Waals surface area contributed by atoms with Crippen molar-refractivity contribution in [1.29, 1.82) is 0 Å². The Kier molecular flexibility index (Phi) is 2.41. The number of ketones is 1. The predicted molar refractivity (Wildman–Crippen MR) is 76.0 cm³/mol. The molecule has 3 aromatic rings. The Morgan fingerprint density at radius 1 is 1.10 bits per heavy atom. The van der Waals surface area contributed by atoms with E-state index in [1.807, 2.05) is 6.07 Å². The van der Waals surface area contributed by atoms with Gasteiger partial charge in [0.05, 0.1) is 5.52 Å². The number of hydrogen-bond acceptors (Lipinski definition) is 4. The number of benzene rings is 2. The molecule has 4 rings (SSSR count). The fourth-order valence-electron chi connectivity index (χ4n) is 2.47. The molecule has 0 saturated carbocycles. The van der Waals surface area contributed by atoms with Gasteiger partial charge in [0.1, 0.15) is 5.69 Å². The van der Waals surface area contributed by atoms with Crippen molar-refractivity contribution >= 4 is 16.7 Å². The number of carbonyl (C=O) groups excluding carboxylic acids is 1. The van der Waals surface area contributed by atoms with Crippen molar-refractivity contribution in [3.05, 3.63) is 53.7 Å². The Labute approximate surface area is 119 Å². The number of H-pyrrole nitrogens is 1. The van der Waals surface area contributed by atoms with Crippen LogP contribution in [-0.4, -0.2) is 22.7 Å². The van der Waals surface area contributed by atoms with Gasteiger partial charge in [0.25, 0.3) is 0 Å². The molecular weight excluding hydrogens is 270 g/mol. The summed E-state index contributed by atoms with van der Waals surface area (Å²) in [4.78, 5) is 15.4. The van der Waals surface area contributed by atoms with Gasteiger partial charge >= 0.3 is 0 Å². The number of carbonyl (C=O) groups is 1. The Morgan fingerprint density at radius 2 is 1.81 bits per heavy atom. The van der Waals surface area contributed by atoms with Gasteiger partial charge in [0.2, 0.25) is 12.6 Å². The molecule has 2 aromatic carbocycles. The highest BCUT2D eigenvalue weighted by atomic mass is 16.7. The molecule has 0 saturated heterocycles. The first-order valence-corrected chi connectivity index (χ1v) is 6.48. The molecular formula is C16H11NO4. The number of aromatic hydroxyl groups is 1. The Bertz CT molecular complexity index is 852. The zero-order chi connectivity index (χ0) is 14.4. The van der Waals surface area contributed by atoms with E-state index in [-0.39, 0.29) is 24.0 Å². The minimum absolute atomic E-state index is 0.0721. The van der Waals surface area contributed by atoms with E-state index in [0.717, 1.165) is 0 Å². The standard InChI is InChI=1S/C16H11NO4/c18-15(9-4-2-1-3-5-9)14-16(19)10-6-12-13(21-8-20-12)7-11(10)17-14/h1-7,17,19H,8H2. The lowest BCUT2D eigenvalue weighted by Gasteiger charge is -1.98. The first-order valence-electron chi connectivity index (χ1n) is 6.48. The van der Waals surface area contributed by atoms with E-state index in [2.05, 4.69) is 4.98 Å². The smallest absolute Gasteiger partial charge is 0.231 e. The van der Waals surface area contributed by atoms with Crippen molar-refractivity contribution in [2.45, 2.75) is 0 Å². The fraction of sp³-hybridized carbons (Fsp3) is 0.0625. The number of aromatic amines is 1. The molecule has 2 N–H and O–H groups in total. The Morgan fingerprint density at radius 3 is 2.57 bits per heavy atom. The zero-order valence-electron chi connectivity index (χ0n) is 10.9. The van der Waals surface area contributed by atoms with E-state index in [0.29, 0.717) is 28.0 Å². The van der Waals surface area contributed by atoms with Crippen molar-refractivity contribution < 1.29 is 19.4 Å². The first-order chi connectivity index (χ1) is 10.2. The molecule has 0 aliphatic carbocycles. The van der Waals surface area contributed by atoms with Gasteiger partial charge in [-0.05, 0) is 6.07 Å². The number of aromatic nitrogens is 1. The molecule has 2 heterocycles. The van der Waals surface area contributed by atoms with E-state index >= 15 is 0 Å². The molecule has 0 amide bonds. The van der Waals surface area contributed by atoms with Crippen molar-refractivity contribution in [3.63, 3.8) is 0 Å². The van der Waals surface area contributed by atoms with Gasteiger partial charge < -0.3 is 19.6 Å². The second kappa shape index (κ2) is 4.28. The molecule has 5 heteroatoms. The van der Waals surface area contributed by atoms with Gasteiger partial charge in [-0.3, -0.25) is 4.79 Å². The number of rotatable bonds is 2. The lowest BCUT2D eigenvalue weighted by atomic mass is 10.1.